The number of carbonyl (C=O) groups is 2. The predicted molar refractivity (Wildman–Crippen MR) is 76.5 cm³/mol. The number of nitrogens with two attached hydrogens (primary N) is 1. The van der Waals surface area contributed by atoms with E-state index in [1.165, 1.54) is 0 Å². The number of piperidine rings is 1. The molecule has 106 valence electrons. The maximum Gasteiger partial charge on any atom is 0.254 e. The molecule has 0 radical (unpaired) electrons. The van der Waals surface area contributed by atoms with Crippen LogP contribution in [0.1, 0.15) is 35.7 Å². The molecule has 2 aliphatic rings. The highest BCUT2D eigenvalue weighted by Crippen LogP contribution is 2.26. The fourth-order valence-electron chi connectivity index (χ4n) is 3.02. The Bertz CT molecular complexity index is 570. The second-order valence-corrected chi connectivity index (χ2v) is 5.73. The lowest BCUT2D eigenvalue weighted by atomic mass is 9.98. The van der Waals surface area contributed by atoms with E-state index in [1.54, 1.807) is 6.07 Å². The van der Waals surface area contributed by atoms with E-state index in [-0.39, 0.29) is 23.9 Å². The highest BCUT2D eigenvalue weighted by Gasteiger charge is 2.28. The average Bonchev–Trinajstić information content (AvgIpc) is 2.77. The summed E-state index contributed by atoms with van der Waals surface area (Å²) in [6, 6.07) is 5.80. The zero-order valence-electron chi connectivity index (χ0n) is 11.6. The van der Waals surface area contributed by atoms with Gasteiger partial charge in [0.25, 0.3) is 5.91 Å². The summed E-state index contributed by atoms with van der Waals surface area (Å²) in [6.45, 7) is 2.73. The second kappa shape index (κ2) is 4.90. The summed E-state index contributed by atoms with van der Waals surface area (Å²) in [5, 5.41) is 2.78. The predicted octanol–water partition coefficient (Wildman–Crippen LogP) is 1.13. The van der Waals surface area contributed by atoms with E-state index in [1.807, 2.05) is 24.0 Å². The van der Waals surface area contributed by atoms with Crippen molar-refractivity contribution in [3.8, 4) is 0 Å². The molecule has 2 amide bonds. The minimum Gasteiger partial charge on any atom is -0.336 e. The Hall–Kier alpha value is -1.88. The van der Waals surface area contributed by atoms with E-state index in [9.17, 15) is 9.59 Å². The molecule has 2 aliphatic heterocycles. The number of fused-ring (bicyclic) bond motifs is 1. The highest BCUT2D eigenvalue weighted by atomic mass is 16.2. The van der Waals surface area contributed by atoms with Crippen molar-refractivity contribution in [1.82, 2.24) is 4.90 Å². The van der Waals surface area contributed by atoms with Crippen LogP contribution in [0.3, 0.4) is 0 Å². The smallest absolute Gasteiger partial charge is 0.254 e. The number of rotatable bonds is 1. The van der Waals surface area contributed by atoms with Crippen LogP contribution in [0.4, 0.5) is 5.69 Å². The van der Waals surface area contributed by atoms with Gasteiger partial charge in [-0.2, -0.15) is 0 Å². The first-order valence-corrected chi connectivity index (χ1v) is 7.04. The van der Waals surface area contributed by atoms with Crippen LogP contribution >= 0.6 is 0 Å². The molecule has 0 saturated carbocycles. The minimum atomic E-state index is -0.0121. The number of hydrogen-bond donors (Lipinski definition) is 2. The van der Waals surface area contributed by atoms with Gasteiger partial charge < -0.3 is 16.0 Å². The summed E-state index contributed by atoms with van der Waals surface area (Å²) < 4.78 is 0. The number of nitrogens with one attached hydrogen (secondary N) is 1. The summed E-state index contributed by atoms with van der Waals surface area (Å²) in [4.78, 5) is 25.8. The van der Waals surface area contributed by atoms with Crippen LogP contribution in [0, 0.1) is 0 Å². The van der Waals surface area contributed by atoms with Crippen molar-refractivity contribution in [3.63, 3.8) is 0 Å². The molecule has 20 heavy (non-hydrogen) atoms. The van der Waals surface area contributed by atoms with Gasteiger partial charge in [0.15, 0.2) is 0 Å². The van der Waals surface area contributed by atoms with Gasteiger partial charge >= 0.3 is 0 Å². The molecule has 1 saturated heterocycles. The SMILES string of the molecule is CC1CC(N)CCN1C(=O)c1ccc2c(c1)NC(=O)C2. The first-order valence-electron chi connectivity index (χ1n) is 7.04. The van der Waals surface area contributed by atoms with Crippen molar-refractivity contribution < 1.29 is 9.59 Å². The summed E-state index contributed by atoms with van der Waals surface area (Å²) in [5.41, 5.74) is 8.29. The van der Waals surface area contributed by atoms with Crippen LogP contribution in [0.25, 0.3) is 0 Å². The quantitative estimate of drug-likeness (QED) is 0.805. The number of carbonyl (C=O) groups excluding carboxylic acids is 2. The van der Waals surface area contributed by atoms with E-state index >= 15 is 0 Å². The van der Waals surface area contributed by atoms with Gasteiger partial charge in [0.05, 0.1) is 6.42 Å². The third-order valence-electron chi connectivity index (χ3n) is 4.16. The second-order valence-electron chi connectivity index (χ2n) is 5.73. The molecule has 2 heterocycles. The lowest BCUT2D eigenvalue weighted by Gasteiger charge is -2.36. The number of hydrogen-bond acceptors (Lipinski definition) is 3. The molecule has 0 aliphatic carbocycles. The van der Waals surface area contributed by atoms with Crippen LogP contribution in [-0.2, 0) is 11.2 Å². The van der Waals surface area contributed by atoms with E-state index in [4.69, 9.17) is 5.73 Å². The zero-order chi connectivity index (χ0) is 14.3. The number of benzene rings is 1. The van der Waals surface area contributed by atoms with Crippen molar-refractivity contribution in [2.45, 2.75) is 38.3 Å². The van der Waals surface area contributed by atoms with Crippen LogP contribution in [-0.4, -0.2) is 35.3 Å². The van der Waals surface area contributed by atoms with Crippen LogP contribution in [0.15, 0.2) is 18.2 Å². The first-order chi connectivity index (χ1) is 9.54. The Kier molecular flexibility index (Phi) is 3.22. The van der Waals surface area contributed by atoms with Crippen molar-refractivity contribution >= 4 is 17.5 Å². The van der Waals surface area contributed by atoms with Crippen molar-refractivity contribution in [1.29, 1.82) is 0 Å². The van der Waals surface area contributed by atoms with Crippen LogP contribution < -0.4 is 11.1 Å². The monoisotopic (exact) mass is 273 g/mol. The Morgan fingerprint density at radius 3 is 3.00 bits per heavy atom. The molecule has 1 fully saturated rings. The van der Waals surface area contributed by atoms with Gasteiger partial charge in [-0.1, -0.05) is 6.07 Å². The largest absolute Gasteiger partial charge is 0.336 e. The van der Waals surface area contributed by atoms with E-state index in [2.05, 4.69) is 5.32 Å². The van der Waals surface area contributed by atoms with Gasteiger partial charge in [-0.05, 0) is 37.5 Å². The minimum absolute atomic E-state index is 0.0121. The Morgan fingerprint density at radius 2 is 2.25 bits per heavy atom. The molecule has 1 aromatic carbocycles. The molecule has 0 bridgehead atoms. The van der Waals surface area contributed by atoms with Gasteiger partial charge in [-0.3, -0.25) is 9.59 Å². The van der Waals surface area contributed by atoms with Gasteiger partial charge in [0, 0.05) is 29.9 Å². The molecule has 0 aromatic heterocycles. The van der Waals surface area contributed by atoms with Crippen molar-refractivity contribution in [3.05, 3.63) is 29.3 Å². The molecule has 5 heteroatoms. The molecule has 2 unspecified atom stereocenters. The summed E-state index contributed by atoms with van der Waals surface area (Å²) in [5.74, 6) is 0.00950. The maximum absolute atomic E-state index is 12.6. The van der Waals surface area contributed by atoms with E-state index < -0.39 is 0 Å². The number of amides is 2. The molecular formula is C15H19N3O2. The highest BCUT2D eigenvalue weighted by molar-refractivity contribution is 6.02. The van der Waals surface area contributed by atoms with E-state index in [0.717, 1.165) is 24.1 Å². The van der Waals surface area contributed by atoms with Gasteiger partial charge in [-0.25, -0.2) is 0 Å². The standard InChI is InChI=1S/C15H19N3O2/c1-9-6-12(16)4-5-18(9)15(20)11-3-2-10-8-14(19)17-13(10)7-11/h2-3,7,9,12H,4-6,8,16H2,1H3,(H,17,19). The van der Waals surface area contributed by atoms with E-state index in [0.29, 0.717) is 18.5 Å². The molecule has 5 nitrogen and oxygen atoms in total. The zero-order valence-corrected chi connectivity index (χ0v) is 11.6. The molecule has 1 aromatic rings. The Morgan fingerprint density at radius 1 is 1.45 bits per heavy atom. The van der Waals surface area contributed by atoms with Crippen LogP contribution in [0.2, 0.25) is 0 Å². The fourth-order valence-corrected chi connectivity index (χ4v) is 3.02. The van der Waals surface area contributed by atoms with Crippen molar-refractivity contribution in [2.24, 2.45) is 5.73 Å². The third-order valence-corrected chi connectivity index (χ3v) is 4.16. The lowest BCUT2D eigenvalue weighted by Crippen LogP contribution is -2.48. The Balaban J connectivity index is 1.81. The molecular weight excluding hydrogens is 254 g/mol. The van der Waals surface area contributed by atoms with Gasteiger partial charge in [0.2, 0.25) is 5.91 Å². The van der Waals surface area contributed by atoms with Crippen molar-refractivity contribution in [2.75, 3.05) is 11.9 Å². The fraction of sp³-hybridized carbons (Fsp3) is 0.467. The maximum atomic E-state index is 12.6. The summed E-state index contributed by atoms with van der Waals surface area (Å²) in [7, 11) is 0. The molecule has 3 rings (SSSR count). The summed E-state index contributed by atoms with van der Waals surface area (Å²) >= 11 is 0. The molecule has 2 atom stereocenters. The average molecular weight is 273 g/mol. The normalized spacial score (nSPS) is 25.3. The topological polar surface area (TPSA) is 75.4 Å². The van der Waals surface area contributed by atoms with Gasteiger partial charge in [-0.15, -0.1) is 0 Å². The number of nitrogens with zero attached hydrogens (tertiary/aromatic N) is 1. The third kappa shape index (κ3) is 2.29. The molecule has 0 spiro atoms. The number of likely N-dealkylation sites (tertiary alicyclic amines) is 1. The van der Waals surface area contributed by atoms with Crippen LogP contribution in [0.5, 0.6) is 0 Å². The Labute approximate surface area is 118 Å². The summed E-state index contributed by atoms with van der Waals surface area (Å²) in [6.07, 6.45) is 2.09. The van der Waals surface area contributed by atoms with Gasteiger partial charge in [0.1, 0.15) is 0 Å². The number of anilines is 1. The lowest BCUT2D eigenvalue weighted by molar-refractivity contribution is -0.115. The molecule has 3 N–H and O–H groups in total. The first kappa shape index (κ1) is 13.1.